The van der Waals surface area contributed by atoms with Crippen LogP contribution < -0.4 is 4.72 Å². The molecule has 102 valence electrons. The molecule has 0 spiro atoms. The third-order valence-electron chi connectivity index (χ3n) is 2.67. The van der Waals surface area contributed by atoms with E-state index in [9.17, 15) is 8.42 Å². The highest BCUT2D eigenvalue weighted by molar-refractivity contribution is 7.92. The molecule has 0 atom stereocenters. The van der Waals surface area contributed by atoms with E-state index in [1.807, 2.05) is 19.1 Å². The first kappa shape index (κ1) is 13.6. The molecule has 0 unspecified atom stereocenters. The molecular formula is C13H15NO4S. The van der Waals surface area contributed by atoms with E-state index in [1.165, 1.54) is 12.1 Å². The molecule has 6 heteroatoms. The lowest BCUT2D eigenvalue weighted by Gasteiger charge is -2.06. The van der Waals surface area contributed by atoms with Crippen LogP contribution >= 0.6 is 0 Å². The Labute approximate surface area is 111 Å². The van der Waals surface area contributed by atoms with Gasteiger partial charge in [-0.3, -0.25) is 4.72 Å². The Hall–Kier alpha value is -1.79. The molecule has 0 saturated heterocycles. The summed E-state index contributed by atoms with van der Waals surface area (Å²) in [5, 5.41) is 8.64. The molecule has 19 heavy (non-hydrogen) atoms. The van der Waals surface area contributed by atoms with Crippen LogP contribution in [0.2, 0.25) is 0 Å². The van der Waals surface area contributed by atoms with Gasteiger partial charge in [0.1, 0.15) is 12.4 Å². The molecule has 2 N–H and O–H groups in total. The number of aliphatic hydroxyl groups is 1. The summed E-state index contributed by atoms with van der Waals surface area (Å²) in [6.45, 7) is 1.69. The average Bonchev–Trinajstić information content (AvgIpc) is 2.89. The predicted molar refractivity (Wildman–Crippen MR) is 71.3 cm³/mol. The fourth-order valence-corrected chi connectivity index (χ4v) is 2.61. The molecule has 0 saturated carbocycles. The van der Waals surface area contributed by atoms with E-state index in [-0.39, 0.29) is 17.5 Å². The highest BCUT2D eigenvalue weighted by atomic mass is 32.2. The van der Waals surface area contributed by atoms with E-state index in [0.717, 1.165) is 12.0 Å². The average molecular weight is 281 g/mol. The van der Waals surface area contributed by atoms with Gasteiger partial charge in [-0.1, -0.05) is 19.1 Å². The van der Waals surface area contributed by atoms with Crippen LogP contribution in [0, 0.1) is 0 Å². The van der Waals surface area contributed by atoms with Crippen LogP contribution in [0.25, 0.3) is 0 Å². The molecule has 0 radical (unpaired) electrons. The van der Waals surface area contributed by atoms with Crippen molar-refractivity contribution in [2.45, 2.75) is 25.0 Å². The molecule has 0 bridgehead atoms. The maximum atomic E-state index is 12.0. The molecule has 0 aliphatic heterocycles. The van der Waals surface area contributed by atoms with Gasteiger partial charge in [0.05, 0.1) is 0 Å². The van der Waals surface area contributed by atoms with Crippen LogP contribution in [0.15, 0.2) is 45.9 Å². The molecule has 0 fully saturated rings. The topological polar surface area (TPSA) is 79.5 Å². The minimum absolute atomic E-state index is 0.210. The second-order valence-corrected chi connectivity index (χ2v) is 5.65. The number of aryl methyl sites for hydroxylation is 1. The number of anilines is 1. The first-order chi connectivity index (χ1) is 9.05. The van der Waals surface area contributed by atoms with Gasteiger partial charge < -0.3 is 9.52 Å². The Balaban J connectivity index is 2.20. The van der Waals surface area contributed by atoms with Gasteiger partial charge in [-0.15, -0.1) is 0 Å². The van der Waals surface area contributed by atoms with Crippen molar-refractivity contribution in [1.82, 2.24) is 0 Å². The number of furan rings is 1. The Morgan fingerprint density at radius 1 is 1.16 bits per heavy atom. The predicted octanol–water partition coefficient (Wildman–Crippen LogP) is 2.14. The van der Waals surface area contributed by atoms with Crippen LogP contribution in [0.3, 0.4) is 0 Å². The maximum Gasteiger partial charge on any atom is 0.295 e. The molecular weight excluding hydrogens is 266 g/mol. The summed E-state index contributed by atoms with van der Waals surface area (Å²) in [7, 11) is -3.75. The van der Waals surface area contributed by atoms with E-state index in [4.69, 9.17) is 9.52 Å². The molecule has 0 aliphatic carbocycles. The highest BCUT2D eigenvalue weighted by Gasteiger charge is 2.18. The molecule has 5 nitrogen and oxygen atoms in total. The summed E-state index contributed by atoms with van der Waals surface area (Å²) in [4.78, 5) is 0. The third-order valence-corrected chi connectivity index (χ3v) is 3.93. The number of benzene rings is 1. The quantitative estimate of drug-likeness (QED) is 0.880. The molecule has 2 aromatic rings. The molecule has 1 aromatic carbocycles. The largest absolute Gasteiger partial charge is 0.445 e. The van der Waals surface area contributed by atoms with Crippen molar-refractivity contribution in [3.63, 3.8) is 0 Å². The summed E-state index contributed by atoms with van der Waals surface area (Å²) in [6.07, 6.45) is 0.894. The number of hydrogen-bond donors (Lipinski definition) is 2. The van der Waals surface area contributed by atoms with E-state index in [0.29, 0.717) is 5.69 Å². The molecule has 1 aromatic heterocycles. The van der Waals surface area contributed by atoms with Gasteiger partial charge in [0.2, 0.25) is 5.09 Å². The van der Waals surface area contributed by atoms with Crippen molar-refractivity contribution in [3.05, 3.63) is 47.7 Å². The summed E-state index contributed by atoms with van der Waals surface area (Å²) in [5.41, 5.74) is 1.60. The first-order valence-electron chi connectivity index (χ1n) is 5.86. The molecule has 2 rings (SSSR count). The SMILES string of the molecule is CCc1ccc(NS(=O)(=O)c2ccc(CO)o2)cc1. The fraction of sp³-hybridized carbons (Fsp3) is 0.231. The van der Waals surface area contributed by atoms with Crippen LogP contribution in [0.4, 0.5) is 5.69 Å². The van der Waals surface area contributed by atoms with E-state index in [2.05, 4.69) is 4.72 Å². The zero-order valence-corrected chi connectivity index (χ0v) is 11.3. The number of sulfonamides is 1. The summed E-state index contributed by atoms with van der Waals surface area (Å²) in [6, 6.07) is 9.86. The van der Waals surface area contributed by atoms with Crippen LogP contribution in [0.5, 0.6) is 0 Å². The van der Waals surface area contributed by atoms with E-state index >= 15 is 0 Å². The Bertz CT molecular complexity index is 644. The second kappa shape index (κ2) is 5.46. The number of nitrogens with one attached hydrogen (secondary N) is 1. The summed E-state index contributed by atoms with van der Waals surface area (Å²) >= 11 is 0. The van der Waals surface area contributed by atoms with E-state index in [1.54, 1.807) is 12.1 Å². The van der Waals surface area contributed by atoms with Crippen molar-refractivity contribution in [2.24, 2.45) is 0 Å². The van der Waals surface area contributed by atoms with Crippen molar-refractivity contribution in [1.29, 1.82) is 0 Å². The zero-order chi connectivity index (χ0) is 13.9. The van der Waals surface area contributed by atoms with Gasteiger partial charge in [0, 0.05) is 5.69 Å². The fourth-order valence-electron chi connectivity index (χ4n) is 1.60. The van der Waals surface area contributed by atoms with Crippen molar-refractivity contribution < 1.29 is 17.9 Å². The Morgan fingerprint density at radius 3 is 2.37 bits per heavy atom. The monoisotopic (exact) mass is 281 g/mol. The molecule has 1 heterocycles. The van der Waals surface area contributed by atoms with Gasteiger partial charge in [0.15, 0.2) is 0 Å². The highest BCUT2D eigenvalue weighted by Crippen LogP contribution is 2.19. The summed E-state index contributed by atoms with van der Waals surface area (Å²) in [5.74, 6) is 0.210. The molecule has 0 aliphatic rings. The minimum atomic E-state index is -3.75. The van der Waals surface area contributed by atoms with Crippen LogP contribution in [-0.4, -0.2) is 13.5 Å². The smallest absolute Gasteiger partial charge is 0.295 e. The lowest BCUT2D eigenvalue weighted by Crippen LogP contribution is -2.12. The number of rotatable bonds is 5. The van der Waals surface area contributed by atoms with Crippen molar-refractivity contribution >= 4 is 15.7 Å². The Kier molecular flexibility index (Phi) is 3.92. The van der Waals surface area contributed by atoms with Gasteiger partial charge in [-0.05, 0) is 36.2 Å². The van der Waals surface area contributed by atoms with Gasteiger partial charge in [0.25, 0.3) is 10.0 Å². The number of hydrogen-bond acceptors (Lipinski definition) is 4. The van der Waals surface area contributed by atoms with Gasteiger partial charge >= 0.3 is 0 Å². The minimum Gasteiger partial charge on any atom is -0.445 e. The summed E-state index contributed by atoms with van der Waals surface area (Å²) < 4.78 is 31.4. The van der Waals surface area contributed by atoms with E-state index < -0.39 is 10.0 Å². The zero-order valence-electron chi connectivity index (χ0n) is 10.5. The van der Waals surface area contributed by atoms with Crippen LogP contribution in [0.1, 0.15) is 18.2 Å². The first-order valence-corrected chi connectivity index (χ1v) is 7.35. The second-order valence-electron chi connectivity index (χ2n) is 4.03. The lowest BCUT2D eigenvalue weighted by atomic mass is 10.2. The van der Waals surface area contributed by atoms with Crippen molar-refractivity contribution in [3.8, 4) is 0 Å². The third kappa shape index (κ3) is 3.15. The number of aliphatic hydroxyl groups excluding tert-OH is 1. The standard InChI is InChI=1S/C13H15NO4S/c1-2-10-3-5-11(6-4-10)14-19(16,17)13-8-7-12(9-15)18-13/h3-8,14-15H,2,9H2,1H3. The Morgan fingerprint density at radius 2 is 1.84 bits per heavy atom. The van der Waals surface area contributed by atoms with Crippen LogP contribution in [-0.2, 0) is 23.1 Å². The molecule has 0 amide bonds. The van der Waals surface area contributed by atoms with Gasteiger partial charge in [-0.2, -0.15) is 8.42 Å². The van der Waals surface area contributed by atoms with Crippen molar-refractivity contribution in [2.75, 3.05) is 4.72 Å². The lowest BCUT2D eigenvalue weighted by molar-refractivity contribution is 0.236. The normalized spacial score (nSPS) is 11.5. The maximum absolute atomic E-state index is 12.0. The van der Waals surface area contributed by atoms with Gasteiger partial charge in [-0.25, -0.2) is 0 Å².